The number of rotatable bonds is 51. The van der Waals surface area contributed by atoms with E-state index in [1.54, 1.807) is 6.08 Å². The van der Waals surface area contributed by atoms with Gasteiger partial charge in [0.2, 0.25) is 5.91 Å². The minimum atomic E-state index is -1.62. The van der Waals surface area contributed by atoms with E-state index >= 15 is 0 Å². The van der Waals surface area contributed by atoms with Gasteiger partial charge >= 0.3 is 5.97 Å². The van der Waals surface area contributed by atoms with Crippen molar-refractivity contribution in [3.8, 4) is 0 Å². The van der Waals surface area contributed by atoms with Crippen molar-refractivity contribution in [2.45, 2.75) is 314 Å². The second-order valence-corrected chi connectivity index (χ2v) is 21.1. The second-order valence-electron chi connectivity index (χ2n) is 21.1. The Morgan fingerprint density at radius 2 is 0.932 bits per heavy atom. The van der Waals surface area contributed by atoms with Gasteiger partial charge in [-0.25, -0.2) is 0 Å². The smallest absolute Gasteiger partial charge is 0.306 e. The van der Waals surface area contributed by atoms with Gasteiger partial charge in [0.25, 0.3) is 0 Å². The van der Waals surface area contributed by atoms with Crippen LogP contribution in [0.5, 0.6) is 0 Å². The Labute approximate surface area is 452 Å². The first-order chi connectivity index (χ1) is 36.2. The van der Waals surface area contributed by atoms with Crippen molar-refractivity contribution in [3.63, 3.8) is 0 Å². The number of aliphatic hydroxyl groups is 5. The van der Waals surface area contributed by atoms with Crippen LogP contribution in [0.1, 0.15) is 265 Å². The molecule has 6 N–H and O–H groups in total. The third-order valence-corrected chi connectivity index (χ3v) is 14.1. The molecule has 8 atom stereocenters. The van der Waals surface area contributed by atoms with Crippen LogP contribution in [-0.2, 0) is 23.8 Å². The molecular formula is C63H113NO10. The summed E-state index contributed by atoms with van der Waals surface area (Å²) in [5.41, 5.74) is 0. The number of carbonyl (C=O) groups excluding carboxylic acids is 2. The zero-order valence-electron chi connectivity index (χ0n) is 47.5. The highest BCUT2D eigenvalue weighted by Crippen LogP contribution is 2.26. The molecule has 74 heavy (non-hydrogen) atoms. The van der Waals surface area contributed by atoms with E-state index in [1.165, 1.54) is 128 Å². The summed E-state index contributed by atoms with van der Waals surface area (Å²) >= 11 is 0. The Hall–Kier alpha value is -2.64. The van der Waals surface area contributed by atoms with Crippen molar-refractivity contribution in [1.29, 1.82) is 0 Å². The predicted octanol–water partition coefficient (Wildman–Crippen LogP) is 14.2. The number of unbranched alkanes of at least 4 members (excludes halogenated alkanes) is 29. The molecule has 0 bridgehead atoms. The molecule has 0 saturated carbocycles. The summed E-state index contributed by atoms with van der Waals surface area (Å²) in [6.45, 7) is 5.74. The van der Waals surface area contributed by atoms with Crippen molar-refractivity contribution in [3.05, 3.63) is 60.8 Å². The molecule has 1 amide bonds. The highest BCUT2D eigenvalue weighted by atomic mass is 16.7. The molecule has 1 heterocycles. The fourth-order valence-electron chi connectivity index (χ4n) is 9.24. The van der Waals surface area contributed by atoms with Crippen molar-refractivity contribution in [2.75, 3.05) is 13.2 Å². The molecule has 8 unspecified atom stereocenters. The first-order valence-electron chi connectivity index (χ1n) is 30.6. The quantitative estimate of drug-likeness (QED) is 0.0195. The Kier molecular flexibility index (Phi) is 47.9. The molecule has 1 aliphatic heterocycles. The molecule has 0 aromatic carbocycles. The molecule has 0 aromatic rings. The lowest BCUT2D eigenvalue weighted by Gasteiger charge is -2.41. The number of ether oxygens (including phenoxy) is 3. The monoisotopic (exact) mass is 1040 g/mol. The van der Waals surface area contributed by atoms with E-state index in [0.717, 1.165) is 89.9 Å². The molecule has 1 fully saturated rings. The van der Waals surface area contributed by atoms with Crippen LogP contribution < -0.4 is 5.32 Å². The lowest BCUT2D eigenvalue weighted by atomic mass is 9.99. The van der Waals surface area contributed by atoms with Crippen molar-refractivity contribution < 1.29 is 49.3 Å². The van der Waals surface area contributed by atoms with Gasteiger partial charge in [-0.1, -0.05) is 229 Å². The van der Waals surface area contributed by atoms with Gasteiger partial charge in [0.1, 0.15) is 24.4 Å². The highest BCUT2D eigenvalue weighted by molar-refractivity contribution is 5.80. The lowest BCUT2D eigenvalue weighted by Crippen LogP contribution is -2.61. The minimum absolute atomic E-state index is 0.106. The van der Waals surface area contributed by atoms with E-state index in [-0.39, 0.29) is 19.4 Å². The van der Waals surface area contributed by atoms with Gasteiger partial charge in [0.15, 0.2) is 12.4 Å². The van der Waals surface area contributed by atoms with Crippen LogP contribution in [0.15, 0.2) is 60.8 Å². The first kappa shape index (κ1) is 69.4. The molecule has 0 aliphatic carbocycles. The molecule has 1 saturated heterocycles. The Morgan fingerprint density at radius 3 is 1.43 bits per heavy atom. The van der Waals surface area contributed by atoms with Crippen LogP contribution in [0.2, 0.25) is 0 Å². The van der Waals surface area contributed by atoms with Crippen LogP contribution in [0.25, 0.3) is 0 Å². The zero-order valence-corrected chi connectivity index (χ0v) is 47.5. The minimum Gasteiger partial charge on any atom is -0.454 e. The summed E-state index contributed by atoms with van der Waals surface area (Å²) < 4.78 is 17.6. The number of hydrogen-bond acceptors (Lipinski definition) is 10. The van der Waals surface area contributed by atoms with Crippen LogP contribution in [0.4, 0.5) is 0 Å². The summed E-state index contributed by atoms with van der Waals surface area (Å²) in [4.78, 5) is 26.5. The topological polar surface area (TPSA) is 175 Å². The third kappa shape index (κ3) is 38.8. The average molecular weight is 1040 g/mol. The van der Waals surface area contributed by atoms with Crippen molar-refractivity contribution >= 4 is 11.9 Å². The van der Waals surface area contributed by atoms with Gasteiger partial charge < -0.3 is 45.1 Å². The standard InChI is InChI=1S/C63H113NO10/c1-4-7-10-13-16-19-22-25-26-27-28-29-30-33-36-39-42-45-48-51-58(68)74-61-60(70)59(69)57(52-65)73-63(61)72-53-54(55(66)49-46-43-40-37-34-31-23-20-17-14-11-8-5-2)64-62(71)56(67)50-47-44-41-38-35-32-24-21-18-15-12-9-6-3/h16,19,25-26,28-29,35,38,46,49,54-57,59-61,63,65-67,69-70H,4-15,17-18,20-24,27,30-34,36-37,39-45,47-48,50-53H2,1-3H3,(H,64,71)/b19-16-,26-25-,29-28-,38-35-,49-46+. The van der Waals surface area contributed by atoms with Crippen LogP contribution in [0.3, 0.4) is 0 Å². The van der Waals surface area contributed by atoms with Crippen LogP contribution in [-0.4, -0.2) is 99.6 Å². The van der Waals surface area contributed by atoms with E-state index in [0.29, 0.717) is 12.8 Å². The molecule has 1 rings (SSSR count). The van der Waals surface area contributed by atoms with E-state index in [1.807, 2.05) is 6.08 Å². The summed E-state index contributed by atoms with van der Waals surface area (Å²) in [5.74, 6) is -1.22. The van der Waals surface area contributed by atoms with Gasteiger partial charge in [-0.2, -0.15) is 0 Å². The summed E-state index contributed by atoms with van der Waals surface area (Å²) in [6.07, 6.45) is 52.5. The summed E-state index contributed by atoms with van der Waals surface area (Å²) in [7, 11) is 0. The van der Waals surface area contributed by atoms with Gasteiger partial charge in [0, 0.05) is 6.42 Å². The largest absolute Gasteiger partial charge is 0.454 e. The van der Waals surface area contributed by atoms with E-state index in [9.17, 15) is 35.1 Å². The van der Waals surface area contributed by atoms with Crippen molar-refractivity contribution in [1.82, 2.24) is 5.32 Å². The number of nitrogens with one attached hydrogen (secondary N) is 1. The number of carbonyl (C=O) groups is 2. The van der Waals surface area contributed by atoms with E-state index in [4.69, 9.17) is 14.2 Å². The van der Waals surface area contributed by atoms with E-state index in [2.05, 4.69) is 74.7 Å². The maximum atomic E-state index is 13.4. The molecule has 0 spiro atoms. The maximum absolute atomic E-state index is 13.4. The molecule has 430 valence electrons. The molecule has 1 aliphatic rings. The fourth-order valence-corrected chi connectivity index (χ4v) is 9.24. The normalized spacial score (nSPS) is 19.7. The summed E-state index contributed by atoms with van der Waals surface area (Å²) in [5, 5.41) is 56.9. The molecule has 11 nitrogen and oxygen atoms in total. The fraction of sp³-hybridized carbons (Fsp3) is 0.810. The molecular weight excluding hydrogens is 931 g/mol. The maximum Gasteiger partial charge on any atom is 0.306 e. The highest BCUT2D eigenvalue weighted by Gasteiger charge is 2.47. The Balaban J connectivity index is 2.71. The van der Waals surface area contributed by atoms with Gasteiger partial charge in [-0.15, -0.1) is 0 Å². The van der Waals surface area contributed by atoms with Crippen LogP contribution in [0, 0.1) is 0 Å². The number of aliphatic hydroxyl groups excluding tert-OH is 5. The number of esters is 1. The number of allylic oxidation sites excluding steroid dienone is 9. The Bertz CT molecular complexity index is 1430. The summed E-state index contributed by atoms with van der Waals surface area (Å²) in [6, 6.07) is -1.03. The van der Waals surface area contributed by atoms with Gasteiger partial charge in [-0.3, -0.25) is 9.59 Å². The average Bonchev–Trinajstić information content (AvgIpc) is 3.40. The van der Waals surface area contributed by atoms with E-state index < -0.39 is 67.4 Å². The van der Waals surface area contributed by atoms with Gasteiger partial charge in [-0.05, 0) is 89.9 Å². The number of amides is 1. The zero-order chi connectivity index (χ0) is 54.0. The molecule has 0 aromatic heterocycles. The lowest BCUT2D eigenvalue weighted by molar-refractivity contribution is -0.305. The third-order valence-electron chi connectivity index (χ3n) is 14.1. The Morgan fingerprint density at radius 1 is 0.527 bits per heavy atom. The second kappa shape index (κ2) is 51.1. The SMILES string of the molecule is CCCCC/C=C\C/C=C\C/C=C\CCCCCCCCC(=O)OC1C(OCC(NC(=O)C(O)CCCC/C=C\CCCCCCCCC)C(O)/C=C/CCCCCCCCCCCCC)OC(CO)C(O)C1O. The number of hydrogen-bond donors (Lipinski definition) is 6. The molecule has 0 radical (unpaired) electrons. The van der Waals surface area contributed by atoms with Crippen LogP contribution >= 0.6 is 0 Å². The first-order valence-corrected chi connectivity index (χ1v) is 30.6. The molecule has 11 heteroatoms. The van der Waals surface area contributed by atoms with Crippen molar-refractivity contribution in [2.24, 2.45) is 0 Å². The predicted molar refractivity (Wildman–Crippen MR) is 306 cm³/mol. The van der Waals surface area contributed by atoms with Gasteiger partial charge in [0.05, 0.1) is 25.4 Å².